The van der Waals surface area contributed by atoms with Crippen LogP contribution in [0.1, 0.15) is 31.9 Å². The van der Waals surface area contributed by atoms with Crippen LogP contribution in [0.15, 0.2) is 59.1 Å². The highest BCUT2D eigenvalue weighted by atomic mass is 79.9. The van der Waals surface area contributed by atoms with E-state index >= 15 is 0 Å². The number of rotatable bonds is 5. The van der Waals surface area contributed by atoms with Crippen molar-refractivity contribution in [2.75, 3.05) is 0 Å². The number of carbonyl (C=O) groups is 1. The minimum atomic E-state index is -0.505. The second kappa shape index (κ2) is 8.34. The monoisotopic (exact) mass is 389 g/mol. The number of amides is 1. The molecule has 0 bridgehead atoms. The van der Waals surface area contributed by atoms with Crippen molar-refractivity contribution in [3.63, 3.8) is 0 Å². The first-order valence-corrected chi connectivity index (χ1v) is 8.89. The molecule has 2 aromatic carbocycles. The summed E-state index contributed by atoms with van der Waals surface area (Å²) in [6.07, 6.45) is 1.10. The zero-order chi connectivity index (χ0) is 17.6. The molecule has 0 aliphatic rings. The summed E-state index contributed by atoms with van der Waals surface area (Å²) in [5, 5.41) is 3.02. The smallest absolute Gasteiger partial charge is 0.407 e. The van der Waals surface area contributed by atoms with E-state index in [2.05, 4.69) is 39.4 Å². The Bertz CT molecular complexity index is 665. The van der Waals surface area contributed by atoms with Crippen LogP contribution < -0.4 is 5.32 Å². The molecule has 0 aliphatic carbocycles. The van der Waals surface area contributed by atoms with E-state index in [4.69, 9.17) is 4.74 Å². The standard InChI is InChI=1S/C20H24BrNO2/c1-20(2,3)24-19(23)22-17(13-15-9-5-4-6-10-15)14-16-11-7-8-12-18(16)21/h4-12,17H,13-14H2,1-3H3,(H,22,23)/t17-/m0/s1. The Kier molecular flexibility index (Phi) is 6.44. The van der Waals surface area contributed by atoms with Crippen LogP contribution in [0.4, 0.5) is 4.79 Å². The molecule has 128 valence electrons. The van der Waals surface area contributed by atoms with Gasteiger partial charge in [0.2, 0.25) is 0 Å². The third-order valence-electron chi connectivity index (χ3n) is 3.47. The van der Waals surface area contributed by atoms with Gasteiger partial charge in [0.15, 0.2) is 0 Å². The van der Waals surface area contributed by atoms with Crippen LogP contribution in [-0.2, 0) is 17.6 Å². The number of benzene rings is 2. The highest BCUT2D eigenvalue weighted by molar-refractivity contribution is 9.10. The van der Waals surface area contributed by atoms with Crippen LogP contribution in [-0.4, -0.2) is 17.7 Å². The average molecular weight is 390 g/mol. The fourth-order valence-electron chi connectivity index (χ4n) is 2.48. The second-order valence-electron chi connectivity index (χ2n) is 6.83. The molecule has 2 rings (SSSR count). The Balaban J connectivity index is 2.12. The number of halogens is 1. The van der Waals surface area contributed by atoms with Gasteiger partial charge < -0.3 is 10.1 Å². The summed E-state index contributed by atoms with van der Waals surface area (Å²) in [4.78, 5) is 12.2. The molecule has 0 heterocycles. The van der Waals surface area contributed by atoms with Crippen molar-refractivity contribution < 1.29 is 9.53 Å². The van der Waals surface area contributed by atoms with Gasteiger partial charge in [-0.25, -0.2) is 4.79 Å². The van der Waals surface area contributed by atoms with E-state index in [-0.39, 0.29) is 12.1 Å². The Morgan fingerprint density at radius 1 is 1.04 bits per heavy atom. The van der Waals surface area contributed by atoms with E-state index in [1.165, 1.54) is 5.56 Å². The lowest BCUT2D eigenvalue weighted by atomic mass is 9.99. The fraction of sp³-hybridized carbons (Fsp3) is 0.350. The summed E-state index contributed by atoms with van der Waals surface area (Å²) < 4.78 is 6.46. The molecule has 0 spiro atoms. The zero-order valence-corrected chi connectivity index (χ0v) is 16.0. The minimum Gasteiger partial charge on any atom is -0.444 e. The quantitative estimate of drug-likeness (QED) is 0.769. The van der Waals surface area contributed by atoms with Crippen molar-refractivity contribution in [2.45, 2.75) is 45.3 Å². The van der Waals surface area contributed by atoms with E-state index in [1.807, 2.05) is 57.2 Å². The van der Waals surface area contributed by atoms with Crippen molar-refractivity contribution in [1.82, 2.24) is 5.32 Å². The topological polar surface area (TPSA) is 38.3 Å². The summed E-state index contributed by atoms with van der Waals surface area (Å²) in [7, 11) is 0. The molecule has 1 amide bonds. The van der Waals surface area contributed by atoms with Gasteiger partial charge in [-0.15, -0.1) is 0 Å². The maximum atomic E-state index is 12.2. The van der Waals surface area contributed by atoms with Crippen LogP contribution in [0.25, 0.3) is 0 Å². The minimum absolute atomic E-state index is 0.0408. The molecule has 2 aromatic rings. The Morgan fingerprint density at radius 3 is 2.29 bits per heavy atom. The lowest BCUT2D eigenvalue weighted by molar-refractivity contribution is 0.0504. The Labute approximate surface area is 152 Å². The molecule has 0 fully saturated rings. The molecule has 3 nitrogen and oxygen atoms in total. The van der Waals surface area contributed by atoms with E-state index in [0.29, 0.717) is 0 Å². The zero-order valence-electron chi connectivity index (χ0n) is 14.4. The van der Waals surface area contributed by atoms with Gasteiger partial charge in [-0.2, -0.15) is 0 Å². The lowest BCUT2D eigenvalue weighted by Crippen LogP contribution is -2.41. The molecule has 0 aromatic heterocycles. The predicted octanol–water partition coefficient (Wildman–Crippen LogP) is 5.13. The van der Waals surface area contributed by atoms with Crippen LogP contribution >= 0.6 is 15.9 Å². The third-order valence-corrected chi connectivity index (χ3v) is 4.24. The van der Waals surface area contributed by atoms with Crippen molar-refractivity contribution in [1.29, 1.82) is 0 Å². The number of ether oxygens (including phenoxy) is 1. The van der Waals surface area contributed by atoms with Gasteiger partial charge >= 0.3 is 6.09 Å². The number of alkyl carbamates (subject to hydrolysis) is 1. The van der Waals surface area contributed by atoms with Gasteiger partial charge in [-0.05, 0) is 50.8 Å². The maximum Gasteiger partial charge on any atom is 0.407 e. The number of carbonyl (C=O) groups excluding carboxylic acids is 1. The Hall–Kier alpha value is -1.81. The molecule has 0 saturated heterocycles. The van der Waals surface area contributed by atoms with E-state index < -0.39 is 5.60 Å². The van der Waals surface area contributed by atoms with E-state index in [1.54, 1.807) is 0 Å². The molecule has 1 N–H and O–H groups in total. The van der Waals surface area contributed by atoms with Crippen molar-refractivity contribution in [2.24, 2.45) is 0 Å². The first-order valence-electron chi connectivity index (χ1n) is 8.10. The predicted molar refractivity (Wildman–Crippen MR) is 101 cm³/mol. The maximum absolute atomic E-state index is 12.2. The van der Waals surface area contributed by atoms with Crippen molar-refractivity contribution in [3.8, 4) is 0 Å². The fourth-order valence-corrected chi connectivity index (χ4v) is 2.92. The van der Waals surface area contributed by atoms with Gasteiger partial charge in [-0.3, -0.25) is 0 Å². The molecular formula is C20H24BrNO2. The van der Waals surface area contributed by atoms with Gasteiger partial charge in [-0.1, -0.05) is 64.5 Å². The number of hydrogen-bond acceptors (Lipinski definition) is 2. The van der Waals surface area contributed by atoms with Gasteiger partial charge in [0.1, 0.15) is 5.60 Å². The molecule has 0 saturated carbocycles. The van der Waals surface area contributed by atoms with Crippen LogP contribution in [0.5, 0.6) is 0 Å². The first kappa shape index (κ1) is 18.5. The normalized spacial score (nSPS) is 12.5. The lowest BCUT2D eigenvalue weighted by Gasteiger charge is -2.24. The van der Waals surface area contributed by atoms with Crippen molar-refractivity contribution in [3.05, 3.63) is 70.2 Å². The van der Waals surface area contributed by atoms with Crippen molar-refractivity contribution >= 4 is 22.0 Å². The SMILES string of the molecule is CC(C)(C)OC(=O)N[C@@H](Cc1ccccc1)Cc1ccccc1Br. The average Bonchev–Trinajstić information content (AvgIpc) is 2.48. The van der Waals surface area contributed by atoms with Crippen LogP contribution in [0, 0.1) is 0 Å². The highest BCUT2D eigenvalue weighted by Gasteiger charge is 2.20. The third kappa shape index (κ3) is 6.36. The van der Waals surface area contributed by atoms with Gasteiger partial charge in [0.05, 0.1) is 0 Å². The van der Waals surface area contributed by atoms with Crippen LogP contribution in [0.2, 0.25) is 0 Å². The summed E-state index contributed by atoms with van der Waals surface area (Å²) in [6.45, 7) is 5.60. The highest BCUT2D eigenvalue weighted by Crippen LogP contribution is 2.19. The Morgan fingerprint density at radius 2 is 1.67 bits per heavy atom. The first-order chi connectivity index (χ1) is 11.3. The summed E-state index contributed by atoms with van der Waals surface area (Å²) in [6, 6.07) is 18.2. The van der Waals surface area contributed by atoms with Crippen LogP contribution in [0.3, 0.4) is 0 Å². The largest absolute Gasteiger partial charge is 0.444 e. The second-order valence-corrected chi connectivity index (χ2v) is 7.68. The molecule has 1 atom stereocenters. The summed E-state index contributed by atoms with van der Waals surface area (Å²) in [5.74, 6) is 0. The molecule has 24 heavy (non-hydrogen) atoms. The molecule has 0 radical (unpaired) electrons. The number of nitrogens with one attached hydrogen (secondary N) is 1. The molecule has 0 unspecified atom stereocenters. The van der Waals surface area contributed by atoms with Gasteiger partial charge in [0.25, 0.3) is 0 Å². The molecule has 0 aliphatic heterocycles. The van der Waals surface area contributed by atoms with E-state index in [0.717, 1.165) is 22.9 Å². The van der Waals surface area contributed by atoms with Gasteiger partial charge in [0, 0.05) is 10.5 Å². The molecule has 4 heteroatoms. The number of hydrogen-bond donors (Lipinski definition) is 1. The van der Waals surface area contributed by atoms with E-state index in [9.17, 15) is 4.79 Å². The molecular weight excluding hydrogens is 366 g/mol. The summed E-state index contributed by atoms with van der Waals surface area (Å²) in [5.41, 5.74) is 1.84. The summed E-state index contributed by atoms with van der Waals surface area (Å²) >= 11 is 3.58.